The molecular weight excluding hydrogens is 488 g/mol. The minimum Gasteiger partial charge on any atom is -0.462 e. The number of benzene rings is 1. The lowest BCUT2D eigenvalue weighted by molar-refractivity contribution is -0.149. The fourth-order valence-electron chi connectivity index (χ4n) is 3.20. The van der Waals surface area contributed by atoms with Crippen LogP contribution in [0.1, 0.15) is 27.0 Å². The first-order valence-corrected chi connectivity index (χ1v) is 12.3. The fraction of sp³-hybridized carbons (Fsp3) is 0.476. The fourth-order valence-corrected chi connectivity index (χ4v) is 4.70. The number of carbonyl (C=O) groups is 1. The molecule has 0 amide bonds. The maximum Gasteiger partial charge on any atom is 0.459 e. The molecule has 1 aromatic carbocycles. The van der Waals surface area contributed by atoms with Crippen LogP contribution in [0.4, 0.5) is 4.39 Å². The van der Waals surface area contributed by atoms with E-state index >= 15 is 0 Å². The number of rotatable bonds is 10. The number of nitrogens with one attached hydrogen (secondary N) is 2. The van der Waals surface area contributed by atoms with E-state index in [4.69, 9.17) is 18.5 Å². The van der Waals surface area contributed by atoms with Crippen molar-refractivity contribution in [3.63, 3.8) is 0 Å². The van der Waals surface area contributed by atoms with Crippen LogP contribution in [0.2, 0.25) is 0 Å². The Morgan fingerprint density at radius 3 is 2.57 bits per heavy atom. The van der Waals surface area contributed by atoms with Crippen molar-refractivity contribution in [3.05, 3.63) is 63.4 Å². The second kappa shape index (κ2) is 11.3. The van der Waals surface area contributed by atoms with Crippen LogP contribution in [0, 0.1) is 0 Å². The molecule has 1 aliphatic rings. The van der Waals surface area contributed by atoms with Gasteiger partial charge in [-0.05, 0) is 32.9 Å². The molecule has 0 saturated carbocycles. The quantitative estimate of drug-likeness (QED) is 0.311. The van der Waals surface area contributed by atoms with Gasteiger partial charge < -0.3 is 19.1 Å². The van der Waals surface area contributed by atoms with Crippen molar-refractivity contribution in [3.8, 4) is 5.75 Å². The van der Waals surface area contributed by atoms with Gasteiger partial charge in [-0.3, -0.25) is 23.7 Å². The molecule has 1 aromatic heterocycles. The zero-order valence-electron chi connectivity index (χ0n) is 19.2. The van der Waals surface area contributed by atoms with E-state index in [-0.39, 0.29) is 5.75 Å². The summed E-state index contributed by atoms with van der Waals surface area (Å²) in [6.45, 7) is 4.07. The first-order valence-electron chi connectivity index (χ1n) is 10.8. The zero-order valence-corrected chi connectivity index (χ0v) is 20.1. The molecule has 0 aliphatic carbocycles. The van der Waals surface area contributed by atoms with Gasteiger partial charge in [0.05, 0.1) is 12.7 Å². The number of hydrogen-bond acceptors (Lipinski definition) is 9. The zero-order chi connectivity index (χ0) is 25.8. The average Bonchev–Trinajstić information content (AvgIpc) is 3.06. The lowest BCUT2D eigenvalue weighted by atomic mass is 10.1. The molecule has 6 atom stereocenters. The topological polar surface area (TPSA) is 158 Å². The summed E-state index contributed by atoms with van der Waals surface area (Å²) >= 11 is 0. The SMILES string of the molecule is CC(C)OC(=O)[C@H](C)N[P@](=O)(OCC1O[C@@H](n2ccc(=O)[nH]c2=O)[C@H](F)[C@@H]1O)Oc1ccccc1. The van der Waals surface area contributed by atoms with Crippen molar-refractivity contribution in [2.75, 3.05) is 6.61 Å². The van der Waals surface area contributed by atoms with Gasteiger partial charge in [0.1, 0.15) is 24.0 Å². The van der Waals surface area contributed by atoms with Crippen LogP contribution >= 0.6 is 7.75 Å². The summed E-state index contributed by atoms with van der Waals surface area (Å²) in [5, 5.41) is 12.8. The predicted octanol–water partition coefficient (Wildman–Crippen LogP) is 1.27. The predicted molar refractivity (Wildman–Crippen MR) is 121 cm³/mol. The third-order valence-electron chi connectivity index (χ3n) is 4.85. The Morgan fingerprint density at radius 2 is 1.94 bits per heavy atom. The highest BCUT2D eigenvalue weighted by atomic mass is 31.2. The number of H-pyrrole nitrogens is 1. The molecule has 0 bridgehead atoms. The standard InChI is InChI=1S/C21H27FN3O9P/c1-12(2)32-20(28)13(3)24-35(30,34-14-7-5-4-6-8-14)31-11-15-18(27)17(22)19(33-15)25-10-9-16(26)23-21(25)29/h4-10,12-13,15,17-19,27H,11H2,1-3H3,(H,24,30)(H,23,26,29)/t13-,15?,17+,18+,19+,35-/m0/s1. The summed E-state index contributed by atoms with van der Waals surface area (Å²) in [4.78, 5) is 37.4. The Morgan fingerprint density at radius 1 is 1.26 bits per heavy atom. The molecule has 1 fully saturated rings. The van der Waals surface area contributed by atoms with Crippen molar-refractivity contribution >= 4 is 13.7 Å². The summed E-state index contributed by atoms with van der Waals surface area (Å²) in [5.74, 6) is -0.555. The Balaban J connectivity index is 1.75. The van der Waals surface area contributed by atoms with Crippen LogP contribution in [0.3, 0.4) is 0 Å². The molecule has 12 nitrogen and oxygen atoms in total. The first kappa shape index (κ1) is 26.8. The molecule has 3 N–H and O–H groups in total. The lowest BCUT2D eigenvalue weighted by Gasteiger charge is -2.25. The van der Waals surface area contributed by atoms with Gasteiger partial charge in [0.25, 0.3) is 5.56 Å². The number of nitrogens with zero attached hydrogens (tertiary/aromatic N) is 1. The van der Waals surface area contributed by atoms with Crippen LogP contribution in [0.15, 0.2) is 52.2 Å². The molecule has 1 unspecified atom stereocenters. The summed E-state index contributed by atoms with van der Waals surface area (Å²) in [7, 11) is -4.28. The monoisotopic (exact) mass is 515 g/mol. The van der Waals surface area contributed by atoms with Crippen LogP contribution in [0.5, 0.6) is 5.75 Å². The van der Waals surface area contributed by atoms with Crippen molar-refractivity contribution in [1.29, 1.82) is 0 Å². The number of aliphatic hydroxyl groups is 1. The Bertz CT molecular complexity index is 1170. The van der Waals surface area contributed by atoms with Gasteiger partial charge in [-0.1, -0.05) is 18.2 Å². The number of aliphatic hydroxyl groups excluding tert-OH is 1. The average molecular weight is 515 g/mol. The third-order valence-corrected chi connectivity index (χ3v) is 6.50. The minimum atomic E-state index is -4.28. The molecule has 0 radical (unpaired) electrons. The first-order chi connectivity index (χ1) is 16.5. The van der Waals surface area contributed by atoms with E-state index in [2.05, 4.69) is 5.09 Å². The van der Waals surface area contributed by atoms with Crippen LogP contribution in [0.25, 0.3) is 0 Å². The number of carbonyl (C=O) groups excluding carboxylic acids is 1. The van der Waals surface area contributed by atoms with Crippen molar-refractivity contribution < 1.29 is 37.4 Å². The number of aromatic amines is 1. The highest BCUT2D eigenvalue weighted by Gasteiger charge is 2.47. The molecule has 192 valence electrons. The largest absolute Gasteiger partial charge is 0.462 e. The summed E-state index contributed by atoms with van der Waals surface area (Å²) in [6, 6.07) is 7.86. The molecule has 1 aliphatic heterocycles. The Kier molecular flexibility index (Phi) is 8.62. The number of halogens is 1. The molecule has 2 aromatic rings. The lowest BCUT2D eigenvalue weighted by Crippen LogP contribution is -2.37. The van der Waals surface area contributed by atoms with Gasteiger partial charge in [0.15, 0.2) is 12.4 Å². The van der Waals surface area contributed by atoms with E-state index in [0.717, 1.165) is 16.8 Å². The van der Waals surface area contributed by atoms with Gasteiger partial charge >= 0.3 is 19.4 Å². The number of aromatic nitrogens is 2. The van der Waals surface area contributed by atoms with Crippen LogP contribution in [-0.2, 0) is 23.4 Å². The smallest absolute Gasteiger partial charge is 0.459 e. The second-order valence-electron chi connectivity index (χ2n) is 8.05. The number of para-hydroxylation sites is 1. The van der Waals surface area contributed by atoms with Crippen molar-refractivity contribution in [2.45, 2.75) is 57.5 Å². The molecular formula is C21H27FN3O9P. The molecule has 2 heterocycles. The van der Waals surface area contributed by atoms with Gasteiger partial charge in [0.2, 0.25) is 0 Å². The maximum atomic E-state index is 14.7. The number of alkyl halides is 1. The highest BCUT2D eigenvalue weighted by Crippen LogP contribution is 2.46. The Labute approximate surface area is 199 Å². The van der Waals surface area contributed by atoms with Gasteiger partial charge in [-0.2, -0.15) is 5.09 Å². The second-order valence-corrected chi connectivity index (χ2v) is 9.75. The normalized spacial score (nSPS) is 24.6. The van der Waals surface area contributed by atoms with Crippen molar-refractivity contribution in [2.24, 2.45) is 0 Å². The maximum absolute atomic E-state index is 14.7. The van der Waals surface area contributed by atoms with Crippen molar-refractivity contribution in [1.82, 2.24) is 14.6 Å². The molecule has 3 rings (SSSR count). The number of esters is 1. The van der Waals surface area contributed by atoms with Crippen LogP contribution in [-0.4, -0.2) is 57.8 Å². The Hall–Kier alpha value is -2.83. The van der Waals surface area contributed by atoms with E-state index in [1.165, 1.54) is 19.1 Å². The number of hydrogen-bond donors (Lipinski definition) is 3. The van der Waals surface area contributed by atoms with E-state index < -0.39 is 68.3 Å². The molecule has 0 spiro atoms. The van der Waals surface area contributed by atoms with E-state index in [1.807, 2.05) is 4.98 Å². The van der Waals surface area contributed by atoms with E-state index in [0.29, 0.717) is 0 Å². The third kappa shape index (κ3) is 6.86. The van der Waals surface area contributed by atoms with Gasteiger partial charge in [-0.25, -0.2) is 13.8 Å². The van der Waals surface area contributed by atoms with Crippen LogP contribution < -0.4 is 20.9 Å². The van der Waals surface area contributed by atoms with E-state index in [1.54, 1.807) is 32.0 Å². The number of ether oxygens (including phenoxy) is 2. The molecule has 35 heavy (non-hydrogen) atoms. The highest BCUT2D eigenvalue weighted by molar-refractivity contribution is 7.52. The molecule has 14 heteroatoms. The summed E-state index contributed by atoms with van der Waals surface area (Å²) in [6.07, 6.45) is -6.13. The minimum absolute atomic E-state index is 0.154. The summed E-state index contributed by atoms with van der Waals surface area (Å²) < 4.78 is 50.4. The summed E-state index contributed by atoms with van der Waals surface area (Å²) in [5.41, 5.74) is -1.62. The van der Waals surface area contributed by atoms with E-state index in [9.17, 15) is 28.4 Å². The van der Waals surface area contributed by atoms with Gasteiger partial charge in [-0.15, -0.1) is 0 Å². The molecule has 1 saturated heterocycles. The van der Waals surface area contributed by atoms with Gasteiger partial charge in [0, 0.05) is 12.3 Å².